The normalized spacial score (nSPS) is 14.9. The van der Waals surface area contributed by atoms with Crippen molar-refractivity contribution in [3.05, 3.63) is 35.9 Å². The molecule has 0 amide bonds. The Morgan fingerprint density at radius 3 is 2.24 bits per heavy atom. The van der Waals surface area contributed by atoms with Gasteiger partial charge in [0, 0.05) is 25.0 Å². The summed E-state index contributed by atoms with van der Waals surface area (Å²) in [5, 5.41) is 0. The Bertz CT molecular complexity index is 317. The Labute approximate surface area is 108 Å². The second kappa shape index (κ2) is 6.43. The van der Waals surface area contributed by atoms with Gasteiger partial charge in [0.2, 0.25) is 0 Å². The fraction of sp³-hybridized carbons (Fsp3) is 0.571. The van der Waals surface area contributed by atoms with Gasteiger partial charge in [-0.2, -0.15) is 0 Å². The van der Waals surface area contributed by atoms with E-state index in [1.54, 1.807) is 0 Å². The lowest BCUT2D eigenvalue weighted by Gasteiger charge is -2.34. The van der Waals surface area contributed by atoms with E-state index >= 15 is 0 Å². The SMILES string of the molecule is C[C@@H](N)CN(Cc1ccccc1)CS(C)(C)C. The molecule has 1 aromatic carbocycles. The number of hydrogen-bond donors (Lipinski definition) is 1. The summed E-state index contributed by atoms with van der Waals surface area (Å²) in [5.41, 5.74) is 7.31. The first-order valence-electron chi connectivity index (χ1n) is 6.05. The Kier molecular flexibility index (Phi) is 5.50. The predicted molar refractivity (Wildman–Crippen MR) is 80.7 cm³/mol. The second-order valence-corrected chi connectivity index (χ2v) is 10.1. The third-order valence-electron chi connectivity index (χ3n) is 2.37. The molecule has 2 nitrogen and oxygen atoms in total. The molecule has 0 unspecified atom stereocenters. The maximum absolute atomic E-state index is 5.93. The van der Waals surface area contributed by atoms with Gasteiger partial charge in [-0.15, -0.1) is 0 Å². The van der Waals surface area contributed by atoms with Gasteiger partial charge in [-0.1, -0.05) is 30.3 Å². The molecular weight excluding hydrogens is 228 g/mol. The summed E-state index contributed by atoms with van der Waals surface area (Å²) in [5.74, 6) is 1.16. The van der Waals surface area contributed by atoms with E-state index in [9.17, 15) is 0 Å². The monoisotopic (exact) mass is 254 g/mol. The molecule has 2 N–H and O–H groups in total. The summed E-state index contributed by atoms with van der Waals surface area (Å²) in [4.78, 5) is 2.48. The topological polar surface area (TPSA) is 29.3 Å². The molecule has 0 heterocycles. The van der Waals surface area contributed by atoms with Crippen LogP contribution in [0.4, 0.5) is 0 Å². The fourth-order valence-electron chi connectivity index (χ4n) is 1.96. The third kappa shape index (κ3) is 6.71. The first-order chi connectivity index (χ1) is 7.87. The molecule has 1 rings (SSSR count). The van der Waals surface area contributed by atoms with Gasteiger partial charge in [0.1, 0.15) is 0 Å². The number of nitrogens with zero attached hydrogens (tertiary/aromatic N) is 1. The average molecular weight is 254 g/mol. The molecule has 17 heavy (non-hydrogen) atoms. The van der Waals surface area contributed by atoms with Crippen molar-refractivity contribution < 1.29 is 0 Å². The van der Waals surface area contributed by atoms with Crippen molar-refractivity contribution in [2.24, 2.45) is 5.73 Å². The lowest BCUT2D eigenvalue weighted by Crippen LogP contribution is -2.37. The molecule has 0 radical (unpaired) electrons. The van der Waals surface area contributed by atoms with Crippen LogP contribution in [0.2, 0.25) is 0 Å². The van der Waals surface area contributed by atoms with Crippen LogP contribution in [-0.4, -0.2) is 42.1 Å². The lowest BCUT2D eigenvalue weighted by molar-refractivity contribution is 0.296. The van der Waals surface area contributed by atoms with E-state index in [2.05, 4.69) is 60.9 Å². The van der Waals surface area contributed by atoms with E-state index in [-0.39, 0.29) is 6.04 Å². The zero-order valence-electron chi connectivity index (χ0n) is 11.5. The van der Waals surface area contributed by atoms with Gasteiger partial charge in [0.05, 0.1) is 0 Å². The number of hydrogen-bond acceptors (Lipinski definition) is 2. The van der Waals surface area contributed by atoms with E-state index in [0.717, 1.165) is 19.0 Å². The summed E-state index contributed by atoms with van der Waals surface area (Å²) < 4.78 is 0. The minimum atomic E-state index is -0.519. The van der Waals surface area contributed by atoms with Gasteiger partial charge < -0.3 is 5.73 Å². The number of rotatable bonds is 6. The molecule has 0 saturated heterocycles. The zero-order valence-corrected chi connectivity index (χ0v) is 12.3. The molecule has 0 aliphatic carbocycles. The Balaban J connectivity index is 2.64. The second-order valence-electron chi connectivity index (χ2n) is 5.69. The smallest absolute Gasteiger partial charge is 0.0287 e. The summed E-state index contributed by atoms with van der Waals surface area (Å²) >= 11 is 0. The minimum absolute atomic E-state index is 0.237. The van der Waals surface area contributed by atoms with Crippen LogP contribution in [0.25, 0.3) is 0 Å². The fourth-order valence-corrected chi connectivity index (χ4v) is 3.25. The van der Waals surface area contributed by atoms with Crippen LogP contribution in [0.5, 0.6) is 0 Å². The molecule has 0 fully saturated rings. The Morgan fingerprint density at radius 2 is 1.76 bits per heavy atom. The first-order valence-corrected chi connectivity index (χ1v) is 9.07. The van der Waals surface area contributed by atoms with E-state index in [0.29, 0.717) is 0 Å². The van der Waals surface area contributed by atoms with Gasteiger partial charge in [-0.05, 0) is 31.3 Å². The van der Waals surface area contributed by atoms with Gasteiger partial charge in [-0.3, -0.25) is 4.90 Å². The third-order valence-corrected chi connectivity index (χ3v) is 3.50. The average Bonchev–Trinajstić information content (AvgIpc) is 2.15. The van der Waals surface area contributed by atoms with Crippen molar-refractivity contribution in [1.29, 1.82) is 0 Å². The van der Waals surface area contributed by atoms with E-state index in [4.69, 9.17) is 5.73 Å². The van der Waals surface area contributed by atoms with Crippen LogP contribution < -0.4 is 5.73 Å². The predicted octanol–water partition coefficient (Wildman–Crippen LogP) is 2.49. The summed E-state index contributed by atoms with van der Waals surface area (Å²) in [6, 6.07) is 10.9. The van der Waals surface area contributed by atoms with Gasteiger partial charge in [0.25, 0.3) is 0 Å². The molecule has 3 heteroatoms. The number of benzene rings is 1. The van der Waals surface area contributed by atoms with E-state index in [1.807, 2.05) is 0 Å². The van der Waals surface area contributed by atoms with Crippen LogP contribution in [0.3, 0.4) is 0 Å². The molecule has 1 atom stereocenters. The first kappa shape index (κ1) is 14.6. The molecule has 98 valence electrons. The molecular formula is C14H26N2S. The maximum atomic E-state index is 5.93. The molecule has 1 aromatic rings. The van der Waals surface area contributed by atoms with Crippen molar-refractivity contribution >= 4 is 10.0 Å². The molecule has 0 spiro atoms. The van der Waals surface area contributed by atoms with Crippen molar-refractivity contribution in [2.45, 2.75) is 19.5 Å². The molecule has 0 aromatic heterocycles. The highest BCUT2D eigenvalue weighted by Crippen LogP contribution is 2.35. The quantitative estimate of drug-likeness (QED) is 0.845. The van der Waals surface area contributed by atoms with Crippen molar-refractivity contribution in [3.8, 4) is 0 Å². The number of nitrogens with two attached hydrogens (primary N) is 1. The maximum Gasteiger partial charge on any atom is 0.0287 e. The van der Waals surface area contributed by atoms with Crippen molar-refractivity contribution in [1.82, 2.24) is 4.90 Å². The van der Waals surface area contributed by atoms with Crippen LogP contribution >= 0.6 is 10.0 Å². The molecule has 0 saturated carbocycles. The molecule has 0 bridgehead atoms. The summed E-state index contributed by atoms with van der Waals surface area (Å²) in [7, 11) is -0.519. The Morgan fingerprint density at radius 1 is 1.18 bits per heavy atom. The van der Waals surface area contributed by atoms with Crippen LogP contribution in [0, 0.1) is 0 Å². The van der Waals surface area contributed by atoms with Gasteiger partial charge >= 0.3 is 0 Å². The van der Waals surface area contributed by atoms with Crippen LogP contribution in [0.15, 0.2) is 30.3 Å². The highest BCUT2D eigenvalue weighted by atomic mass is 32.3. The standard InChI is InChI=1S/C14H26N2S/c1-13(15)10-16(12-17(2,3)4)11-14-8-6-5-7-9-14/h5-9,13H,10-12,15H2,1-4H3/t13-/m1/s1. The Hall–Kier alpha value is -0.510. The summed E-state index contributed by atoms with van der Waals surface area (Å²) in [6.07, 6.45) is 7.06. The lowest BCUT2D eigenvalue weighted by atomic mass is 10.2. The summed E-state index contributed by atoms with van der Waals surface area (Å²) in [6.45, 7) is 4.06. The van der Waals surface area contributed by atoms with E-state index in [1.165, 1.54) is 5.56 Å². The van der Waals surface area contributed by atoms with Crippen molar-refractivity contribution in [3.63, 3.8) is 0 Å². The van der Waals surface area contributed by atoms with Gasteiger partial charge in [0.15, 0.2) is 0 Å². The van der Waals surface area contributed by atoms with Gasteiger partial charge in [-0.25, -0.2) is 10.0 Å². The largest absolute Gasteiger partial charge is 0.327 e. The van der Waals surface area contributed by atoms with Crippen LogP contribution in [0.1, 0.15) is 12.5 Å². The molecule has 0 aliphatic rings. The minimum Gasteiger partial charge on any atom is -0.327 e. The van der Waals surface area contributed by atoms with Crippen molar-refractivity contribution in [2.75, 3.05) is 31.2 Å². The van der Waals surface area contributed by atoms with E-state index < -0.39 is 10.0 Å². The highest BCUT2D eigenvalue weighted by Gasteiger charge is 2.14. The highest BCUT2D eigenvalue weighted by molar-refractivity contribution is 8.32. The zero-order chi connectivity index (χ0) is 12.9. The van der Waals surface area contributed by atoms with Crippen LogP contribution in [-0.2, 0) is 6.54 Å². The molecule has 0 aliphatic heterocycles.